The summed E-state index contributed by atoms with van der Waals surface area (Å²) in [6, 6.07) is 9.54. The monoisotopic (exact) mass is 637 g/mol. The maximum atomic E-state index is 13.4. The van der Waals surface area contributed by atoms with E-state index in [0.717, 1.165) is 28.0 Å². The third-order valence-corrected chi connectivity index (χ3v) is 9.54. The summed E-state index contributed by atoms with van der Waals surface area (Å²) in [5.41, 5.74) is 0.998. The van der Waals surface area contributed by atoms with Crippen LogP contribution < -0.4 is 19.7 Å². The molecular weight excluding hydrogens is 617 g/mol. The van der Waals surface area contributed by atoms with Crippen LogP contribution in [0.25, 0.3) is 0 Å². The Balaban J connectivity index is 1.43. The summed E-state index contributed by atoms with van der Waals surface area (Å²) in [5.74, 6) is -4.12. The number of thiazole rings is 1. The molecule has 3 atom stereocenters. The quantitative estimate of drug-likeness (QED) is 0.297. The van der Waals surface area contributed by atoms with Crippen molar-refractivity contribution in [3.63, 3.8) is 0 Å². The summed E-state index contributed by atoms with van der Waals surface area (Å²) in [6.45, 7) is 0.919. The fourth-order valence-corrected chi connectivity index (χ4v) is 7.58. The van der Waals surface area contributed by atoms with Crippen molar-refractivity contribution in [1.29, 1.82) is 0 Å². The second-order valence-corrected chi connectivity index (χ2v) is 12.0. The van der Waals surface area contributed by atoms with Gasteiger partial charge in [-0.25, -0.2) is 0 Å². The van der Waals surface area contributed by atoms with Crippen LogP contribution in [0.3, 0.4) is 0 Å². The molecule has 0 saturated carbocycles. The highest BCUT2D eigenvalue weighted by atomic mass is 35.5. The molecule has 2 aliphatic rings. The molecule has 11 nitrogen and oxygen atoms in total. The summed E-state index contributed by atoms with van der Waals surface area (Å²) in [4.78, 5) is 66.2. The van der Waals surface area contributed by atoms with Gasteiger partial charge >= 0.3 is 10.8 Å². The zero-order chi connectivity index (χ0) is 29.4. The van der Waals surface area contributed by atoms with Gasteiger partial charge in [0.05, 0.1) is 27.6 Å². The summed E-state index contributed by atoms with van der Waals surface area (Å²) in [5, 5.41) is 12.1. The predicted molar refractivity (Wildman–Crippen MR) is 152 cm³/mol. The first-order chi connectivity index (χ1) is 19.6. The number of aromatic amines is 1. The van der Waals surface area contributed by atoms with Gasteiger partial charge in [0.2, 0.25) is 11.8 Å². The van der Waals surface area contributed by atoms with Gasteiger partial charge in [-0.1, -0.05) is 52.4 Å². The van der Waals surface area contributed by atoms with E-state index < -0.39 is 47.3 Å². The Morgan fingerprint density at radius 1 is 1.05 bits per heavy atom. The van der Waals surface area contributed by atoms with Crippen LogP contribution in [0, 0.1) is 5.92 Å². The Labute approximate surface area is 250 Å². The number of H-pyrrole nitrogens is 1. The van der Waals surface area contributed by atoms with E-state index in [-0.39, 0.29) is 34.6 Å². The molecule has 0 aliphatic carbocycles. The van der Waals surface area contributed by atoms with Crippen LogP contribution in [-0.4, -0.2) is 63.7 Å². The number of imide groups is 1. The Morgan fingerprint density at radius 2 is 1.83 bits per heavy atom. The zero-order valence-electron chi connectivity index (χ0n) is 21.1. The Hall–Kier alpha value is -3.52. The van der Waals surface area contributed by atoms with E-state index in [1.165, 1.54) is 6.07 Å². The number of hydrogen-bond donors (Lipinski definition) is 3. The largest absolute Gasteiger partial charge is 0.490 e. The van der Waals surface area contributed by atoms with Crippen LogP contribution in [0.5, 0.6) is 11.5 Å². The molecule has 15 heteroatoms. The fourth-order valence-electron chi connectivity index (χ4n) is 4.74. The van der Waals surface area contributed by atoms with Crippen molar-refractivity contribution < 1.29 is 33.8 Å². The lowest BCUT2D eigenvalue weighted by Crippen LogP contribution is -2.36. The number of thioether (sulfide) groups is 1. The van der Waals surface area contributed by atoms with Crippen molar-refractivity contribution in [3.8, 4) is 11.5 Å². The zero-order valence-corrected chi connectivity index (χ0v) is 24.3. The van der Waals surface area contributed by atoms with Crippen LogP contribution in [0.1, 0.15) is 23.3 Å². The number of nitrogens with one attached hydrogen (secondary N) is 2. The van der Waals surface area contributed by atoms with Gasteiger partial charge < -0.3 is 24.9 Å². The van der Waals surface area contributed by atoms with Crippen LogP contribution in [0.4, 0.5) is 5.69 Å². The standard InChI is InChI=1S/C26H21Cl2N3O8S2/c1-2-38-16-7-11(3-6-15(16)39-10-17(32)29-12-4-5-13(27)14(28)8-12)19-20-22(40-23-21(19)41-26(37)30-23)25(36)31(24(20)35)9-18(33)34/h3-8,19-20,22H,2,9-10H2,1H3,(H,29,32)(H,30,37)(H,33,34)/t19-,20+,22-/m0/s1. The number of halogens is 2. The Kier molecular flexibility index (Phi) is 8.32. The van der Waals surface area contributed by atoms with E-state index in [0.29, 0.717) is 26.2 Å². The number of fused-ring (bicyclic) bond motifs is 2. The summed E-state index contributed by atoms with van der Waals surface area (Å²) >= 11 is 13.9. The molecule has 0 spiro atoms. The van der Waals surface area contributed by atoms with Crippen LogP contribution in [0.2, 0.25) is 10.0 Å². The number of ether oxygens (including phenoxy) is 2. The number of hydrogen-bond acceptors (Lipinski definition) is 9. The molecule has 0 bridgehead atoms. The molecule has 2 aromatic carbocycles. The maximum Gasteiger partial charge on any atom is 0.323 e. The van der Waals surface area contributed by atoms with E-state index in [1.54, 1.807) is 37.3 Å². The smallest absolute Gasteiger partial charge is 0.323 e. The van der Waals surface area contributed by atoms with Crippen molar-refractivity contribution in [2.75, 3.05) is 25.1 Å². The molecule has 3 N–H and O–H groups in total. The minimum atomic E-state index is -1.31. The summed E-state index contributed by atoms with van der Waals surface area (Å²) in [6.07, 6.45) is 0. The number of nitrogens with zero attached hydrogens (tertiary/aromatic N) is 1. The molecular formula is C26H21Cl2N3O8S2. The SMILES string of the molecule is CCOc1cc([C@@H]2c3sc(=O)[nH]c3S[C@@H]3C(=O)N(CC(=O)O)C(=O)[C@H]23)ccc1OCC(=O)Nc1ccc(Cl)c(Cl)c1. The Morgan fingerprint density at radius 3 is 2.54 bits per heavy atom. The number of carbonyl (C=O) groups excluding carboxylic acids is 3. The molecule has 1 saturated heterocycles. The lowest BCUT2D eigenvalue weighted by molar-refractivity contribution is -0.149. The van der Waals surface area contributed by atoms with Crippen LogP contribution >= 0.6 is 46.3 Å². The van der Waals surface area contributed by atoms with Gasteiger partial charge in [0, 0.05) is 16.5 Å². The molecule has 214 valence electrons. The van der Waals surface area contributed by atoms with Crippen molar-refractivity contribution >= 4 is 75.7 Å². The lowest BCUT2D eigenvalue weighted by Gasteiger charge is -2.30. The van der Waals surface area contributed by atoms with Gasteiger partial charge in [-0.2, -0.15) is 0 Å². The first-order valence-electron chi connectivity index (χ1n) is 12.2. The van der Waals surface area contributed by atoms with E-state index in [9.17, 15) is 29.1 Å². The Bertz CT molecular complexity index is 1620. The van der Waals surface area contributed by atoms with E-state index >= 15 is 0 Å². The number of aromatic nitrogens is 1. The number of rotatable bonds is 9. The molecule has 3 aromatic rings. The number of anilines is 1. The van der Waals surface area contributed by atoms with Gasteiger partial charge in [-0.15, -0.1) is 0 Å². The molecule has 0 radical (unpaired) electrons. The topological polar surface area (TPSA) is 155 Å². The fraction of sp³-hybridized carbons (Fsp3) is 0.269. The molecule has 41 heavy (non-hydrogen) atoms. The number of carboxylic acids is 1. The molecule has 3 amide bonds. The highest BCUT2D eigenvalue weighted by molar-refractivity contribution is 8.00. The average molecular weight is 639 g/mol. The average Bonchev–Trinajstić information content (AvgIpc) is 3.40. The molecule has 2 aliphatic heterocycles. The van der Waals surface area contributed by atoms with E-state index in [4.69, 9.17) is 32.7 Å². The minimum Gasteiger partial charge on any atom is -0.490 e. The molecule has 3 heterocycles. The number of likely N-dealkylation sites (tertiary alicyclic amines) is 1. The second-order valence-electron chi connectivity index (χ2n) is 9.01. The van der Waals surface area contributed by atoms with Crippen LogP contribution in [-0.2, 0) is 19.2 Å². The van der Waals surface area contributed by atoms with E-state index in [1.807, 2.05) is 0 Å². The minimum absolute atomic E-state index is 0.255. The second kappa shape index (κ2) is 11.8. The van der Waals surface area contributed by atoms with Gasteiger partial charge in [0.15, 0.2) is 18.1 Å². The first kappa shape index (κ1) is 29.0. The number of amides is 3. The van der Waals surface area contributed by atoms with Crippen molar-refractivity contribution in [2.45, 2.75) is 23.1 Å². The van der Waals surface area contributed by atoms with Crippen molar-refractivity contribution in [3.05, 3.63) is 66.6 Å². The first-order valence-corrected chi connectivity index (χ1v) is 14.6. The maximum absolute atomic E-state index is 13.4. The van der Waals surface area contributed by atoms with Gasteiger partial charge in [0.1, 0.15) is 11.8 Å². The summed E-state index contributed by atoms with van der Waals surface area (Å²) in [7, 11) is 0. The highest BCUT2D eigenvalue weighted by Crippen LogP contribution is 2.53. The molecule has 5 rings (SSSR count). The predicted octanol–water partition coefficient (Wildman–Crippen LogP) is 3.84. The molecule has 0 unspecified atom stereocenters. The van der Waals surface area contributed by atoms with Gasteiger partial charge in [0.25, 0.3) is 5.91 Å². The van der Waals surface area contributed by atoms with Crippen LogP contribution in [0.15, 0.2) is 46.2 Å². The van der Waals surface area contributed by atoms with E-state index in [2.05, 4.69) is 10.3 Å². The van der Waals surface area contributed by atoms with Crippen molar-refractivity contribution in [1.82, 2.24) is 9.88 Å². The van der Waals surface area contributed by atoms with Crippen molar-refractivity contribution in [2.24, 2.45) is 5.92 Å². The highest BCUT2D eigenvalue weighted by Gasteiger charge is 2.56. The third-order valence-electron chi connectivity index (χ3n) is 6.40. The third kappa shape index (κ3) is 5.80. The van der Waals surface area contributed by atoms with Gasteiger partial charge in [-0.05, 0) is 42.8 Å². The molecule has 1 aromatic heterocycles. The summed E-state index contributed by atoms with van der Waals surface area (Å²) < 4.78 is 11.5. The number of carboxylic acid groups (broad SMARTS) is 1. The van der Waals surface area contributed by atoms with Gasteiger partial charge in [-0.3, -0.25) is 28.9 Å². The normalized spacial score (nSPS) is 19.5. The molecule has 1 fully saturated rings. The number of benzene rings is 2. The number of aliphatic carboxylic acids is 1. The lowest BCUT2D eigenvalue weighted by atomic mass is 9.83. The number of carbonyl (C=O) groups is 4.